The fourth-order valence-corrected chi connectivity index (χ4v) is 3.47. The van der Waals surface area contributed by atoms with Gasteiger partial charge in [0.25, 0.3) is 5.56 Å². The van der Waals surface area contributed by atoms with Crippen molar-refractivity contribution in [3.63, 3.8) is 0 Å². The number of hydrogen-bond acceptors (Lipinski definition) is 4. The highest BCUT2D eigenvalue weighted by molar-refractivity contribution is 5.54. The van der Waals surface area contributed by atoms with Crippen molar-refractivity contribution >= 4 is 0 Å². The van der Waals surface area contributed by atoms with Gasteiger partial charge >= 0.3 is 6.18 Å². The minimum atomic E-state index is -4.65. The van der Waals surface area contributed by atoms with Crippen LogP contribution in [0.15, 0.2) is 47.5 Å². The third-order valence-electron chi connectivity index (χ3n) is 4.91. The van der Waals surface area contributed by atoms with Crippen LogP contribution in [0.1, 0.15) is 22.4 Å². The number of aromatic amines is 1. The van der Waals surface area contributed by atoms with Crippen LogP contribution >= 0.6 is 0 Å². The van der Waals surface area contributed by atoms with Crippen LogP contribution in [0.3, 0.4) is 0 Å². The number of fused-ring (bicyclic) bond motifs is 1. The van der Waals surface area contributed by atoms with Gasteiger partial charge in [-0.2, -0.15) is 13.2 Å². The van der Waals surface area contributed by atoms with E-state index in [0.717, 1.165) is 18.2 Å². The SMILES string of the molecule is O=c1[nH]c(-c2ccncc2)nc2c1CN(Cc1c(F)cccc1C(F)(F)F)CC2. The number of halogens is 4. The van der Waals surface area contributed by atoms with Crippen LogP contribution < -0.4 is 5.56 Å². The summed E-state index contributed by atoms with van der Waals surface area (Å²) in [6, 6.07) is 6.36. The normalized spacial score (nSPS) is 14.6. The molecule has 150 valence electrons. The summed E-state index contributed by atoms with van der Waals surface area (Å²) in [6.45, 7) is 0.220. The molecule has 1 aliphatic heterocycles. The average Bonchev–Trinajstić information content (AvgIpc) is 2.69. The molecule has 1 aromatic carbocycles. The third kappa shape index (κ3) is 3.91. The summed E-state index contributed by atoms with van der Waals surface area (Å²) < 4.78 is 53.8. The molecule has 0 unspecified atom stereocenters. The maximum absolute atomic E-state index is 14.1. The van der Waals surface area contributed by atoms with Crippen LogP contribution in [0.2, 0.25) is 0 Å². The summed E-state index contributed by atoms with van der Waals surface area (Å²) in [6.07, 6.45) is -1.09. The minimum Gasteiger partial charge on any atom is -0.306 e. The molecule has 1 N–H and O–H groups in total. The first-order valence-corrected chi connectivity index (χ1v) is 8.92. The number of aromatic nitrogens is 3. The topological polar surface area (TPSA) is 61.9 Å². The Morgan fingerprint density at radius 3 is 2.62 bits per heavy atom. The molecule has 1 aliphatic rings. The standard InChI is InChI=1S/C20H16F4N4O/c21-16-3-1-2-15(20(22,23)24)13(16)10-28-9-6-17-14(11-28)19(29)27-18(26-17)12-4-7-25-8-5-12/h1-5,7-8H,6,9-11H2,(H,26,27,29). The Labute approximate surface area is 163 Å². The quantitative estimate of drug-likeness (QED) is 0.679. The first-order valence-electron chi connectivity index (χ1n) is 8.92. The van der Waals surface area contributed by atoms with Crippen LogP contribution in [0, 0.1) is 5.82 Å². The van der Waals surface area contributed by atoms with Crippen molar-refractivity contribution in [1.29, 1.82) is 0 Å². The minimum absolute atomic E-state index is 0.0971. The smallest absolute Gasteiger partial charge is 0.306 e. The summed E-state index contributed by atoms with van der Waals surface area (Å²) in [7, 11) is 0. The lowest BCUT2D eigenvalue weighted by Crippen LogP contribution is -2.36. The number of nitrogens with zero attached hydrogens (tertiary/aromatic N) is 3. The van der Waals surface area contributed by atoms with Crippen molar-refractivity contribution in [2.75, 3.05) is 6.54 Å². The van der Waals surface area contributed by atoms with E-state index in [9.17, 15) is 22.4 Å². The summed E-state index contributed by atoms with van der Waals surface area (Å²) in [4.78, 5) is 25.3. The van der Waals surface area contributed by atoms with Crippen LogP contribution in [0.4, 0.5) is 17.6 Å². The molecule has 0 saturated heterocycles. The van der Waals surface area contributed by atoms with Gasteiger partial charge in [0.05, 0.1) is 16.8 Å². The molecule has 0 radical (unpaired) electrons. The second-order valence-electron chi connectivity index (χ2n) is 6.80. The number of H-pyrrole nitrogens is 1. The molecule has 0 fully saturated rings. The highest BCUT2D eigenvalue weighted by Gasteiger charge is 2.35. The molecular weight excluding hydrogens is 388 g/mol. The molecule has 3 aromatic rings. The van der Waals surface area contributed by atoms with Gasteiger partial charge in [0.1, 0.15) is 11.6 Å². The van der Waals surface area contributed by atoms with Crippen LogP contribution in [0.5, 0.6) is 0 Å². The Balaban J connectivity index is 1.62. The van der Waals surface area contributed by atoms with Gasteiger partial charge in [-0.3, -0.25) is 14.7 Å². The van der Waals surface area contributed by atoms with Gasteiger partial charge in [0.15, 0.2) is 0 Å². The molecular formula is C20H16F4N4O. The van der Waals surface area contributed by atoms with Crippen molar-refractivity contribution in [2.24, 2.45) is 0 Å². The summed E-state index contributed by atoms with van der Waals surface area (Å²) in [5.41, 5.74) is -0.0652. The first kappa shape index (κ1) is 19.3. The third-order valence-corrected chi connectivity index (χ3v) is 4.91. The highest BCUT2D eigenvalue weighted by Crippen LogP contribution is 2.34. The van der Waals surface area contributed by atoms with Crippen LogP contribution in [0.25, 0.3) is 11.4 Å². The zero-order chi connectivity index (χ0) is 20.6. The maximum Gasteiger partial charge on any atom is 0.416 e. The maximum atomic E-state index is 14.1. The van der Waals surface area contributed by atoms with E-state index in [1.54, 1.807) is 29.4 Å². The second kappa shape index (κ2) is 7.40. The van der Waals surface area contributed by atoms with E-state index < -0.39 is 23.1 Å². The van der Waals surface area contributed by atoms with E-state index in [1.165, 1.54) is 0 Å². The molecule has 2 aromatic heterocycles. The van der Waals surface area contributed by atoms with Crippen molar-refractivity contribution in [2.45, 2.75) is 25.7 Å². The van der Waals surface area contributed by atoms with Gasteiger partial charge in [0.2, 0.25) is 0 Å². The fourth-order valence-electron chi connectivity index (χ4n) is 3.47. The van der Waals surface area contributed by atoms with Crippen LogP contribution in [-0.4, -0.2) is 26.4 Å². The first-order chi connectivity index (χ1) is 13.8. The van der Waals surface area contributed by atoms with E-state index in [0.29, 0.717) is 35.6 Å². The predicted molar refractivity (Wildman–Crippen MR) is 97.3 cm³/mol. The molecule has 4 rings (SSSR count). The van der Waals surface area contributed by atoms with Gasteiger partial charge in [-0.1, -0.05) is 6.07 Å². The van der Waals surface area contributed by atoms with Gasteiger partial charge in [0, 0.05) is 49.6 Å². The van der Waals surface area contributed by atoms with E-state index in [1.807, 2.05) is 0 Å². The lowest BCUT2D eigenvalue weighted by molar-refractivity contribution is -0.138. The zero-order valence-corrected chi connectivity index (χ0v) is 15.1. The lowest BCUT2D eigenvalue weighted by Gasteiger charge is -2.28. The van der Waals surface area contributed by atoms with Crippen molar-refractivity contribution in [3.05, 3.63) is 81.3 Å². The van der Waals surface area contributed by atoms with Gasteiger partial charge in [-0.05, 0) is 24.3 Å². The zero-order valence-electron chi connectivity index (χ0n) is 15.1. The highest BCUT2D eigenvalue weighted by atomic mass is 19.4. The predicted octanol–water partition coefficient (Wildman–Crippen LogP) is 3.55. The molecule has 0 atom stereocenters. The fraction of sp³-hybridized carbons (Fsp3) is 0.250. The van der Waals surface area contributed by atoms with Gasteiger partial charge in [-0.25, -0.2) is 9.37 Å². The molecule has 0 amide bonds. The molecule has 0 saturated carbocycles. The summed E-state index contributed by atoms with van der Waals surface area (Å²) in [5, 5.41) is 0. The Morgan fingerprint density at radius 2 is 1.90 bits per heavy atom. The number of alkyl halides is 3. The van der Waals surface area contributed by atoms with E-state index >= 15 is 0 Å². The molecule has 5 nitrogen and oxygen atoms in total. The Morgan fingerprint density at radius 1 is 1.14 bits per heavy atom. The van der Waals surface area contributed by atoms with Crippen LogP contribution in [-0.2, 0) is 25.7 Å². The Hall–Kier alpha value is -3.07. The summed E-state index contributed by atoms with van der Waals surface area (Å²) >= 11 is 0. The largest absolute Gasteiger partial charge is 0.416 e. The number of rotatable bonds is 3. The van der Waals surface area contributed by atoms with Crippen molar-refractivity contribution in [1.82, 2.24) is 19.9 Å². The van der Waals surface area contributed by atoms with Crippen molar-refractivity contribution in [3.8, 4) is 11.4 Å². The Kier molecular flexibility index (Phi) is 4.91. The van der Waals surface area contributed by atoms with E-state index in [4.69, 9.17) is 0 Å². The summed E-state index contributed by atoms with van der Waals surface area (Å²) in [5.74, 6) is -0.497. The molecule has 9 heteroatoms. The monoisotopic (exact) mass is 404 g/mol. The number of pyridine rings is 1. The Bertz CT molecular complexity index is 1100. The molecule has 3 heterocycles. The van der Waals surface area contributed by atoms with E-state index in [2.05, 4.69) is 15.0 Å². The lowest BCUT2D eigenvalue weighted by atomic mass is 10.0. The molecule has 29 heavy (non-hydrogen) atoms. The number of hydrogen-bond donors (Lipinski definition) is 1. The molecule has 0 aliphatic carbocycles. The van der Waals surface area contributed by atoms with Crippen molar-refractivity contribution < 1.29 is 17.6 Å². The average molecular weight is 404 g/mol. The van der Waals surface area contributed by atoms with Gasteiger partial charge in [-0.15, -0.1) is 0 Å². The van der Waals surface area contributed by atoms with E-state index in [-0.39, 0.29) is 18.6 Å². The molecule has 0 bridgehead atoms. The number of benzene rings is 1. The second-order valence-corrected chi connectivity index (χ2v) is 6.80. The number of nitrogens with one attached hydrogen (secondary N) is 1. The molecule has 0 spiro atoms. The van der Waals surface area contributed by atoms with Gasteiger partial charge < -0.3 is 4.98 Å².